The number of aryl methyl sites for hydroxylation is 1. The number of hydrogen-bond donors (Lipinski definition) is 2. The van der Waals surface area contributed by atoms with Crippen molar-refractivity contribution in [1.82, 2.24) is 0 Å². The zero-order valence-corrected chi connectivity index (χ0v) is 14.9. The predicted molar refractivity (Wildman–Crippen MR) is 99.7 cm³/mol. The van der Waals surface area contributed by atoms with E-state index in [1.54, 1.807) is 0 Å². The minimum absolute atomic E-state index is 0.302. The topological polar surface area (TPSA) is 72.2 Å². The van der Waals surface area contributed by atoms with Gasteiger partial charge in [-0.05, 0) is 30.9 Å². The summed E-state index contributed by atoms with van der Waals surface area (Å²) in [7, 11) is 0. The lowest BCUT2D eigenvalue weighted by Gasteiger charge is -2.05. The fourth-order valence-corrected chi connectivity index (χ4v) is 5.77. The first-order valence-corrected chi connectivity index (χ1v) is 9.50. The number of carbonyl (C=O) groups is 2. The standard InChI is InChI=1S/C17H13ClN2O2S2/c18-13-9-4-1-2-6-11(9)23-14(13)16(22)20-17-12(15(19)21)8-5-3-7-10(8)24-17/h1-2,4,6H,3,5,7H2,(H2,19,21)(H,20,22). The van der Waals surface area contributed by atoms with Gasteiger partial charge in [-0.15, -0.1) is 22.7 Å². The number of halogens is 1. The zero-order valence-electron chi connectivity index (χ0n) is 12.5. The van der Waals surface area contributed by atoms with E-state index in [2.05, 4.69) is 5.32 Å². The molecule has 0 atom stereocenters. The van der Waals surface area contributed by atoms with E-state index in [-0.39, 0.29) is 5.91 Å². The van der Waals surface area contributed by atoms with Crippen LogP contribution in [-0.4, -0.2) is 11.8 Å². The summed E-state index contributed by atoms with van der Waals surface area (Å²) >= 11 is 9.14. The van der Waals surface area contributed by atoms with Crippen molar-refractivity contribution < 1.29 is 9.59 Å². The monoisotopic (exact) mass is 376 g/mol. The summed E-state index contributed by atoms with van der Waals surface area (Å²) in [5.74, 6) is -0.796. The maximum Gasteiger partial charge on any atom is 0.267 e. The summed E-state index contributed by atoms with van der Waals surface area (Å²) in [4.78, 5) is 26.1. The van der Waals surface area contributed by atoms with Gasteiger partial charge in [-0.2, -0.15) is 0 Å². The number of hydrogen-bond acceptors (Lipinski definition) is 4. The minimum atomic E-state index is -0.493. The number of anilines is 1. The van der Waals surface area contributed by atoms with E-state index in [0.717, 1.165) is 39.8 Å². The Morgan fingerprint density at radius 1 is 1.17 bits per heavy atom. The fraction of sp³-hybridized carbons (Fsp3) is 0.176. The van der Waals surface area contributed by atoms with E-state index in [9.17, 15) is 9.59 Å². The quantitative estimate of drug-likeness (QED) is 0.708. The van der Waals surface area contributed by atoms with E-state index >= 15 is 0 Å². The number of rotatable bonds is 3. The van der Waals surface area contributed by atoms with Gasteiger partial charge in [0.15, 0.2) is 0 Å². The Morgan fingerprint density at radius 3 is 2.71 bits per heavy atom. The molecular weight excluding hydrogens is 364 g/mol. The minimum Gasteiger partial charge on any atom is -0.365 e. The van der Waals surface area contributed by atoms with Crippen LogP contribution in [0.25, 0.3) is 10.1 Å². The van der Waals surface area contributed by atoms with Gasteiger partial charge in [0.25, 0.3) is 11.8 Å². The van der Waals surface area contributed by atoms with Crippen LogP contribution >= 0.6 is 34.3 Å². The molecule has 0 unspecified atom stereocenters. The lowest BCUT2D eigenvalue weighted by molar-refractivity contribution is 0.100. The molecule has 0 spiro atoms. The first-order valence-electron chi connectivity index (χ1n) is 7.49. The van der Waals surface area contributed by atoms with Crippen molar-refractivity contribution in [2.24, 2.45) is 5.73 Å². The van der Waals surface area contributed by atoms with Gasteiger partial charge < -0.3 is 11.1 Å². The number of carbonyl (C=O) groups excluding carboxylic acids is 2. The second-order valence-corrected chi connectivity index (χ2v) is 8.16. The van der Waals surface area contributed by atoms with Crippen LogP contribution in [0, 0.1) is 0 Å². The van der Waals surface area contributed by atoms with Crippen molar-refractivity contribution in [2.75, 3.05) is 5.32 Å². The molecule has 0 fully saturated rings. The van der Waals surface area contributed by atoms with Crippen LogP contribution in [0.4, 0.5) is 5.00 Å². The normalized spacial score (nSPS) is 13.2. The highest BCUT2D eigenvalue weighted by Crippen LogP contribution is 2.40. The highest BCUT2D eigenvalue weighted by molar-refractivity contribution is 7.22. The summed E-state index contributed by atoms with van der Waals surface area (Å²) < 4.78 is 0.955. The molecule has 122 valence electrons. The van der Waals surface area contributed by atoms with Crippen molar-refractivity contribution >= 4 is 61.2 Å². The largest absolute Gasteiger partial charge is 0.365 e. The molecule has 0 saturated carbocycles. The van der Waals surface area contributed by atoms with Crippen molar-refractivity contribution in [1.29, 1.82) is 0 Å². The van der Waals surface area contributed by atoms with E-state index in [1.165, 1.54) is 22.7 Å². The zero-order chi connectivity index (χ0) is 16.8. The van der Waals surface area contributed by atoms with Gasteiger partial charge in [0, 0.05) is 15.0 Å². The molecule has 24 heavy (non-hydrogen) atoms. The predicted octanol–water partition coefficient (Wildman–Crippen LogP) is 4.46. The Labute approximate surface area is 151 Å². The summed E-state index contributed by atoms with van der Waals surface area (Å²) in [5, 5.41) is 4.68. The van der Waals surface area contributed by atoms with Gasteiger partial charge in [-0.1, -0.05) is 29.8 Å². The molecule has 1 aliphatic carbocycles. The number of nitrogens with two attached hydrogens (primary N) is 1. The molecule has 3 aromatic rings. The van der Waals surface area contributed by atoms with Gasteiger partial charge in [-0.25, -0.2) is 0 Å². The van der Waals surface area contributed by atoms with Crippen molar-refractivity contribution in [3.8, 4) is 0 Å². The molecule has 2 amide bonds. The van der Waals surface area contributed by atoms with Gasteiger partial charge >= 0.3 is 0 Å². The van der Waals surface area contributed by atoms with Crippen molar-refractivity contribution in [2.45, 2.75) is 19.3 Å². The number of benzene rings is 1. The first kappa shape index (κ1) is 15.6. The summed E-state index contributed by atoms with van der Waals surface area (Å²) in [6.07, 6.45) is 2.79. The molecule has 4 rings (SSSR count). The number of fused-ring (bicyclic) bond motifs is 2. The molecule has 1 aliphatic rings. The van der Waals surface area contributed by atoms with Crippen molar-refractivity contribution in [3.05, 3.63) is 50.2 Å². The van der Waals surface area contributed by atoms with Crippen LogP contribution < -0.4 is 11.1 Å². The van der Waals surface area contributed by atoms with Crippen LogP contribution in [0.2, 0.25) is 5.02 Å². The summed E-state index contributed by atoms with van der Waals surface area (Å²) in [6.45, 7) is 0. The molecule has 2 aromatic heterocycles. The Morgan fingerprint density at radius 2 is 1.96 bits per heavy atom. The number of amides is 2. The Hall–Kier alpha value is -1.89. The van der Waals surface area contributed by atoms with Gasteiger partial charge in [-0.3, -0.25) is 9.59 Å². The third-order valence-electron chi connectivity index (χ3n) is 4.14. The highest BCUT2D eigenvalue weighted by atomic mass is 35.5. The van der Waals surface area contributed by atoms with Gasteiger partial charge in [0.1, 0.15) is 9.88 Å². The number of thiophene rings is 2. The van der Waals surface area contributed by atoms with E-state index in [1.807, 2.05) is 24.3 Å². The van der Waals surface area contributed by atoms with Crippen LogP contribution in [-0.2, 0) is 12.8 Å². The molecule has 0 saturated heterocycles. The summed E-state index contributed by atoms with van der Waals surface area (Å²) in [6, 6.07) is 7.61. The second kappa shape index (κ2) is 5.88. The van der Waals surface area contributed by atoms with Gasteiger partial charge in [0.2, 0.25) is 0 Å². The van der Waals surface area contributed by atoms with Crippen LogP contribution in [0.1, 0.15) is 36.9 Å². The molecule has 7 heteroatoms. The molecule has 0 radical (unpaired) electrons. The second-order valence-electron chi connectivity index (χ2n) is 5.62. The average Bonchev–Trinajstić information content (AvgIpc) is 3.20. The lowest BCUT2D eigenvalue weighted by atomic mass is 10.1. The van der Waals surface area contributed by atoms with Gasteiger partial charge in [0.05, 0.1) is 10.6 Å². The Bertz CT molecular complexity index is 990. The smallest absolute Gasteiger partial charge is 0.267 e. The molecule has 0 aliphatic heterocycles. The Balaban J connectivity index is 1.72. The number of primary amides is 1. The lowest BCUT2D eigenvalue weighted by Crippen LogP contribution is -2.17. The fourth-order valence-electron chi connectivity index (χ4n) is 3.07. The SMILES string of the molecule is NC(=O)c1c(NC(=O)c2sc3ccccc3c2Cl)sc2c1CCC2. The number of nitrogens with one attached hydrogen (secondary N) is 1. The summed E-state index contributed by atoms with van der Waals surface area (Å²) in [5.41, 5.74) is 6.98. The van der Waals surface area contributed by atoms with Crippen molar-refractivity contribution in [3.63, 3.8) is 0 Å². The molecule has 1 aromatic carbocycles. The van der Waals surface area contributed by atoms with E-state index < -0.39 is 5.91 Å². The first-order chi connectivity index (χ1) is 11.6. The molecule has 3 N–H and O–H groups in total. The average molecular weight is 377 g/mol. The maximum atomic E-state index is 12.7. The van der Waals surface area contributed by atoms with Crippen LogP contribution in [0.5, 0.6) is 0 Å². The highest BCUT2D eigenvalue weighted by Gasteiger charge is 2.27. The molecule has 2 heterocycles. The molecule has 4 nitrogen and oxygen atoms in total. The van der Waals surface area contributed by atoms with Crippen LogP contribution in [0.3, 0.4) is 0 Å². The van der Waals surface area contributed by atoms with E-state index in [0.29, 0.717) is 20.5 Å². The molecular formula is C17H13ClN2O2S2. The maximum absolute atomic E-state index is 12.7. The Kier molecular flexibility index (Phi) is 3.83. The third kappa shape index (κ3) is 2.42. The van der Waals surface area contributed by atoms with Crippen LogP contribution in [0.15, 0.2) is 24.3 Å². The van der Waals surface area contributed by atoms with E-state index in [4.69, 9.17) is 17.3 Å². The third-order valence-corrected chi connectivity index (χ3v) is 7.02. The molecule has 0 bridgehead atoms.